The Bertz CT molecular complexity index is 887. The Hall–Kier alpha value is -3.02. The molecule has 3 rings (SSSR count). The fraction of sp³-hybridized carbons (Fsp3) is 0.222. The van der Waals surface area contributed by atoms with Crippen LogP contribution in [0.3, 0.4) is 0 Å². The lowest BCUT2D eigenvalue weighted by molar-refractivity contribution is 0.395. The summed E-state index contributed by atoms with van der Waals surface area (Å²) in [5.41, 5.74) is 10.5. The molecule has 124 valence electrons. The van der Waals surface area contributed by atoms with E-state index in [9.17, 15) is 0 Å². The van der Waals surface area contributed by atoms with Gasteiger partial charge in [-0.1, -0.05) is 0 Å². The highest BCUT2D eigenvalue weighted by molar-refractivity contribution is 5.73. The number of nitrogen functional groups attached to an aromatic ring is 1. The second-order valence-electron chi connectivity index (χ2n) is 5.53. The molecule has 1 aromatic carbocycles. The summed E-state index contributed by atoms with van der Waals surface area (Å²) in [6, 6.07) is 5.59. The van der Waals surface area contributed by atoms with Gasteiger partial charge in [0.2, 0.25) is 0 Å². The van der Waals surface area contributed by atoms with Crippen molar-refractivity contribution in [3.63, 3.8) is 0 Å². The van der Waals surface area contributed by atoms with Gasteiger partial charge in [-0.15, -0.1) is 0 Å². The van der Waals surface area contributed by atoms with E-state index in [0.29, 0.717) is 17.2 Å². The first-order valence-electron chi connectivity index (χ1n) is 7.54. The van der Waals surface area contributed by atoms with Crippen molar-refractivity contribution in [1.82, 2.24) is 14.5 Å². The lowest BCUT2D eigenvalue weighted by Crippen LogP contribution is -2.04. The van der Waals surface area contributed by atoms with E-state index in [4.69, 9.17) is 15.2 Å². The summed E-state index contributed by atoms with van der Waals surface area (Å²) in [6.07, 6.45) is 5.51. The molecular formula is C18H20N4O2. The number of benzene rings is 1. The maximum Gasteiger partial charge on any atom is 0.147 e. The Morgan fingerprint density at radius 3 is 2.58 bits per heavy atom. The van der Waals surface area contributed by atoms with E-state index in [-0.39, 0.29) is 0 Å². The van der Waals surface area contributed by atoms with E-state index in [1.807, 2.05) is 36.7 Å². The van der Waals surface area contributed by atoms with Gasteiger partial charge in [-0.25, -0.2) is 4.98 Å². The highest BCUT2D eigenvalue weighted by Crippen LogP contribution is 2.36. The molecular weight excluding hydrogens is 304 g/mol. The van der Waals surface area contributed by atoms with Crippen molar-refractivity contribution in [2.45, 2.75) is 13.8 Å². The van der Waals surface area contributed by atoms with Crippen LogP contribution in [0.25, 0.3) is 17.1 Å². The maximum absolute atomic E-state index is 6.30. The number of aromatic nitrogens is 3. The number of imidazole rings is 1. The predicted octanol–water partition coefficient (Wildman–Crippen LogP) is 3.15. The highest BCUT2D eigenvalue weighted by atomic mass is 16.5. The quantitative estimate of drug-likeness (QED) is 0.746. The molecule has 0 spiro atoms. The van der Waals surface area contributed by atoms with Crippen LogP contribution in [0.4, 0.5) is 5.69 Å². The number of nitrogens with zero attached hydrogens (tertiary/aromatic N) is 3. The van der Waals surface area contributed by atoms with E-state index >= 15 is 0 Å². The number of methoxy groups -OCH3 is 2. The summed E-state index contributed by atoms with van der Waals surface area (Å²) in [6.45, 7) is 3.97. The number of nitrogens with two attached hydrogens (primary N) is 1. The van der Waals surface area contributed by atoms with Crippen LogP contribution in [0, 0.1) is 13.8 Å². The Morgan fingerprint density at radius 2 is 1.92 bits per heavy atom. The van der Waals surface area contributed by atoms with Crippen LogP contribution in [0.1, 0.15) is 11.3 Å². The summed E-state index contributed by atoms with van der Waals surface area (Å²) in [5.74, 6) is 2.00. The minimum absolute atomic E-state index is 0.526. The fourth-order valence-corrected chi connectivity index (χ4v) is 2.64. The van der Waals surface area contributed by atoms with E-state index < -0.39 is 0 Å². The standard InChI is InChI=1S/C18H20N4O2/c1-11-5-6-20-9-14(11)18-21-12(2)10-22(18)15-7-13(23-3)8-16(24-4)17(15)19/h5-10H,19H2,1-4H3. The minimum atomic E-state index is 0.526. The third-order valence-corrected chi connectivity index (χ3v) is 3.92. The molecule has 2 aromatic heterocycles. The summed E-state index contributed by atoms with van der Waals surface area (Å²) >= 11 is 0. The number of hydrogen-bond donors (Lipinski definition) is 1. The topological polar surface area (TPSA) is 75.2 Å². The van der Waals surface area contributed by atoms with Gasteiger partial charge in [0.15, 0.2) is 0 Å². The highest BCUT2D eigenvalue weighted by Gasteiger charge is 2.17. The summed E-state index contributed by atoms with van der Waals surface area (Å²) < 4.78 is 12.7. The molecule has 0 aliphatic carbocycles. The van der Waals surface area contributed by atoms with E-state index in [0.717, 1.165) is 28.3 Å². The SMILES string of the molecule is COc1cc(OC)c(N)c(-n2cc(C)nc2-c2cnccc2C)c1. The van der Waals surface area contributed by atoms with Crippen LogP contribution in [-0.2, 0) is 0 Å². The van der Waals surface area contributed by atoms with Gasteiger partial charge < -0.3 is 15.2 Å². The molecule has 0 aliphatic heterocycles. The number of anilines is 1. The van der Waals surface area contributed by atoms with Gasteiger partial charge in [-0.05, 0) is 25.5 Å². The van der Waals surface area contributed by atoms with Crippen LogP contribution in [0.2, 0.25) is 0 Å². The molecule has 0 atom stereocenters. The molecule has 6 heteroatoms. The van der Waals surface area contributed by atoms with Crippen molar-refractivity contribution in [2.24, 2.45) is 0 Å². The van der Waals surface area contributed by atoms with Crippen molar-refractivity contribution < 1.29 is 9.47 Å². The lowest BCUT2D eigenvalue weighted by atomic mass is 10.1. The summed E-state index contributed by atoms with van der Waals surface area (Å²) in [7, 11) is 3.19. The van der Waals surface area contributed by atoms with Gasteiger partial charge in [0, 0.05) is 36.3 Å². The Kier molecular flexibility index (Phi) is 4.12. The van der Waals surface area contributed by atoms with Gasteiger partial charge >= 0.3 is 0 Å². The monoisotopic (exact) mass is 324 g/mol. The average molecular weight is 324 g/mol. The number of aryl methyl sites for hydroxylation is 2. The number of hydrogen-bond acceptors (Lipinski definition) is 5. The average Bonchev–Trinajstić information content (AvgIpc) is 2.97. The number of ether oxygens (including phenoxy) is 2. The van der Waals surface area contributed by atoms with Gasteiger partial charge in [-0.3, -0.25) is 9.55 Å². The first-order chi connectivity index (χ1) is 11.5. The molecule has 0 fully saturated rings. The molecule has 2 heterocycles. The van der Waals surface area contributed by atoms with Crippen molar-refractivity contribution in [3.05, 3.63) is 48.0 Å². The minimum Gasteiger partial charge on any atom is -0.497 e. The van der Waals surface area contributed by atoms with Crippen LogP contribution in [0.15, 0.2) is 36.8 Å². The molecule has 3 aromatic rings. The van der Waals surface area contributed by atoms with Crippen LogP contribution >= 0.6 is 0 Å². The van der Waals surface area contributed by atoms with Crippen molar-refractivity contribution >= 4 is 5.69 Å². The Balaban J connectivity index is 2.27. The van der Waals surface area contributed by atoms with E-state index in [1.54, 1.807) is 32.7 Å². The molecule has 0 amide bonds. The Labute approximate surface area is 140 Å². The molecule has 0 unspecified atom stereocenters. The molecule has 0 saturated heterocycles. The van der Waals surface area contributed by atoms with Gasteiger partial charge in [0.1, 0.15) is 17.3 Å². The number of rotatable bonds is 4. The number of pyridine rings is 1. The third kappa shape index (κ3) is 2.67. The van der Waals surface area contributed by atoms with Crippen LogP contribution in [0.5, 0.6) is 11.5 Å². The van der Waals surface area contributed by atoms with Gasteiger partial charge in [0.05, 0.1) is 31.3 Å². The first kappa shape index (κ1) is 15.9. The molecule has 6 nitrogen and oxygen atoms in total. The Morgan fingerprint density at radius 1 is 1.12 bits per heavy atom. The van der Waals surface area contributed by atoms with Crippen LogP contribution in [-0.4, -0.2) is 28.8 Å². The molecule has 2 N–H and O–H groups in total. The smallest absolute Gasteiger partial charge is 0.147 e. The van der Waals surface area contributed by atoms with Gasteiger partial charge in [-0.2, -0.15) is 0 Å². The fourth-order valence-electron chi connectivity index (χ4n) is 2.64. The van der Waals surface area contributed by atoms with Crippen LogP contribution < -0.4 is 15.2 Å². The molecule has 0 aliphatic rings. The zero-order valence-electron chi connectivity index (χ0n) is 14.2. The van der Waals surface area contributed by atoms with E-state index in [1.165, 1.54) is 0 Å². The van der Waals surface area contributed by atoms with E-state index in [2.05, 4.69) is 9.97 Å². The van der Waals surface area contributed by atoms with Crippen molar-refractivity contribution in [2.75, 3.05) is 20.0 Å². The predicted molar refractivity (Wildman–Crippen MR) is 93.8 cm³/mol. The first-order valence-corrected chi connectivity index (χ1v) is 7.54. The zero-order valence-corrected chi connectivity index (χ0v) is 14.2. The molecule has 24 heavy (non-hydrogen) atoms. The normalized spacial score (nSPS) is 10.7. The van der Waals surface area contributed by atoms with Crippen molar-refractivity contribution in [3.8, 4) is 28.6 Å². The molecule has 0 radical (unpaired) electrons. The van der Waals surface area contributed by atoms with Gasteiger partial charge in [0.25, 0.3) is 0 Å². The second-order valence-corrected chi connectivity index (χ2v) is 5.53. The molecule has 0 bridgehead atoms. The summed E-state index contributed by atoms with van der Waals surface area (Å²) in [5, 5.41) is 0. The zero-order chi connectivity index (χ0) is 17.3. The largest absolute Gasteiger partial charge is 0.497 e. The maximum atomic E-state index is 6.30. The third-order valence-electron chi connectivity index (χ3n) is 3.92. The molecule has 0 saturated carbocycles. The summed E-state index contributed by atoms with van der Waals surface area (Å²) in [4.78, 5) is 8.88. The lowest BCUT2D eigenvalue weighted by Gasteiger charge is -2.15. The van der Waals surface area contributed by atoms with Crippen molar-refractivity contribution in [1.29, 1.82) is 0 Å². The second kappa shape index (κ2) is 6.23.